The van der Waals surface area contributed by atoms with Gasteiger partial charge in [-0.15, -0.1) is 0 Å². The summed E-state index contributed by atoms with van der Waals surface area (Å²) in [7, 11) is 1.67. The lowest BCUT2D eigenvalue weighted by Gasteiger charge is -2.16. The van der Waals surface area contributed by atoms with Gasteiger partial charge in [-0.2, -0.15) is 0 Å². The molecule has 98 valence electrons. The summed E-state index contributed by atoms with van der Waals surface area (Å²) < 4.78 is 10.7. The van der Waals surface area contributed by atoms with E-state index in [9.17, 15) is 4.79 Å². The Morgan fingerprint density at radius 1 is 1.42 bits per heavy atom. The molecular formula is C15H15NO3. The third-order valence-electron chi connectivity index (χ3n) is 3.54. The fourth-order valence-electron chi connectivity index (χ4n) is 2.60. The molecule has 0 aliphatic heterocycles. The molecule has 1 aromatic heterocycles. The van der Waals surface area contributed by atoms with Crippen molar-refractivity contribution in [3.8, 4) is 16.9 Å². The summed E-state index contributed by atoms with van der Waals surface area (Å²) in [6, 6.07) is 6.06. The van der Waals surface area contributed by atoms with Gasteiger partial charge in [0.05, 0.1) is 12.8 Å². The molecule has 0 radical (unpaired) electrons. The zero-order valence-corrected chi connectivity index (χ0v) is 10.8. The van der Waals surface area contributed by atoms with Crippen LogP contribution in [-0.2, 0) is 24.1 Å². The first-order chi connectivity index (χ1) is 9.33. The van der Waals surface area contributed by atoms with Crippen molar-refractivity contribution in [3.63, 3.8) is 0 Å². The van der Waals surface area contributed by atoms with Crippen LogP contribution in [0, 0.1) is 0 Å². The number of aryl methyl sites for hydroxylation is 3. The highest BCUT2D eigenvalue weighted by Gasteiger charge is 2.24. The average Bonchev–Trinajstić information content (AvgIpc) is 2.87. The number of methoxy groups -OCH3 is 1. The highest BCUT2D eigenvalue weighted by atomic mass is 16.5. The molecule has 0 fully saturated rings. The highest BCUT2D eigenvalue weighted by molar-refractivity contribution is 5.74. The van der Waals surface area contributed by atoms with Gasteiger partial charge in [0.25, 0.3) is 0 Å². The molecule has 19 heavy (non-hydrogen) atoms. The van der Waals surface area contributed by atoms with Crippen LogP contribution >= 0.6 is 0 Å². The van der Waals surface area contributed by atoms with Crippen LogP contribution in [0.5, 0.6) is 5.75 Å². The molecule has 0 saturated carbocycles. The van der Waals surface area contributed by atoms with Gasteiger partial charge in [0.2, 0.25) is 0 Å². The van der Waals surface area contributed by atoms with Crippen molar-refractivity contribution in [2.75, 3.05) is 7.11 Å². The number of hydrogen-bond donors (Lipinski definition) is 0. The standard InChI is InChI=1S/C15H15NO3/c1-18-11-5-6-12-10(9-11)4-7-14-15(12)13(16-19-14)3-2-8-17/h5-6,8-9H,2-4,7H2,1H3. The summed E-state index contributed by atoms with van der Waals surface area (Å²) in [6.07, 6.45) is 3.81. The van der Waals surface area contributed by atoms with E-state index in [1.165, 1.54) is 5.56 Å². The SMILES string of the molecule is COc1ccc2c(c1)CCc1onc(CCC=O)c1-2. The molecule has 0 bridgehead atoms. The quantitative estimate of drug-likeness (QED) is 0.790. The summed E-state index contributed by atoms with van der Waals surface area (Å²) in [5.74, 6) is 1.80. The molecule has 0 amide bonds. The summed E-state index contributed by atoms with van der Waals surface area (Å²) in [5.41, 5.74) is 4.37. The van der Waals surface area contributed by atoms with Gasteiger partial charge in [-0.25, -0.2) is 0 Å². The number of aldehydes is 1. The lowest BCUT2D eigenvalue weighted by Crippen LogP contribution is -2.04. The number of benzene rings is 1. The van der Waals surface area contributed by atoms with Gasteiger partial charge < -0.3 is 14.1 Å². The third kappa shape index (κ3) is 2.03. The van der Waals surface area contributed by atoms with E-state index in [2.05, 4.69) is 11.2 Å². The molecule has 0 atom stereocenters. The van der Waals surface area contributed by atoms with Crippen molar-refractivity contribution in [2.45, 2.75) is 25.7 Å². The molecule has 1 aromatic carbocycles. The first-order valence-corrected chi connectivity index (χ1v) is 6.42. The number of carbonyl (C=O) groups is 1. The van der Waals surface area contributed by atoms with E-state index in [0.29, 0.717) is 12.8 Å². The molecule has 1 aliphatic carbocycles. The molecule has 1 heterocycles. The Labute approximate surface area is 111 Å². The summed E-state index contributed by atoms with van der Waals surface area (Å²) in [5, 5.41) is 4.11. The number of rotatable bonds is 4. The minimum atomic E-state index is 0.477. The largest absolute Gasteiger partial charge is 0.497 e. The topological polar surface area (TPSA) is 52.3 Å². The number of aromatic nitrogens is 1. The first-order valence-electron chi connectivity index (χ1n) is 6.42. The maximum Gasteiger partial charge on any atom is 0.145 e. The predicted molar refractivity (Wildman–Crippen MR) is 70.3 cm³/mol. The molecule has 4 nitrogen and oxygen atoms in total. The van der Waals surface area contributed by atoms with Crippen molar-refractivity contribution in [2.24, 2.45) is 0 Å². The third-order valence-corrected chi connectivity index (χ3v) is 3.54. The lowest BCUT2D eigenvalue weighted by molar-refractivity contribution is -0.107. The van der Waals surface area contributed by atoms with E-state index >= 15 is 0 Å². The summed E-state index contributed by atoms with van der Waals surface area (Å²) in [4.78, 5) is 10.5. The van der Waals surface area contributed by atoms with Gasteiger partial charge >= 0.3 is 0 Å². The Morgan fingerprint density at radius 3 is 3.11 bits per heavy atom. The zero-order chi connectivity index (χ0) is 13.2. The van der Waals surface area contributed by atoms with E-state index in [4.69, 9.17) is 9.26 Å². The minimum Gasteiger partial charge on any atom is -0.497 e. The smallest absolute Gasteiger partial charge is 0.145 e. The maximum absolute atomic E-state index is 10.5. The van der Waals surface area contributed by atoms with E-state index < -0.39 is 0 Å². The number of ether oxygens (including phenoxy) is 1. The van der Waals surface area contributed by atoms with Gasteiger partial charge in [-0.3, -0.25) is 0 Å². The van der Waals surface area contributed by atoms with E-state index in [1.807, 2.05) is 12.1 Å². The molecule has 0 saturated heterocycles. The van der Waals surface area contributed by atoms with Crippen LogP contribution in [0.1, 0.15) is 23.4 Å². The van der Waals surface area contributed by atoms with Crippen molar-refractivity contribution in [3.05, 3.63) is 35.2 Å². The number of carbonyl (C=O) groups excluding carboxylic acids is 1. The van der Waals surface area contributed by atoms with Crippen molar-refractivity contribution in [1.82, 2.24) is 5.16 Å². The van der Waals surface area contributed by atoms with Crippen molar-refractivity contribution >= 4 is 6.29 Å². The second-order valence-corrected chi connectivity index (χ2v) is 4.66. The van der Waals surface area contributed by atoms with Gasteiger partial charge in [0, 0.05) is 24.8 Å². The van der Waals surface area contributed by atoms with Gasteiger partial charge in [0.15, 0.2) is 0 Å². The predicted octanol–water partition coefficient (Wildman–Crippen LogP) is 2.58. The van der Waals surface area contributed by atoms with Gasteiger partial charge in [-0.05, 0) is 29.7 Å². The number of nitrogens with zero attached hydrogens (tertiary/aromatic N) is 1. The molecule has 1 aliphatic rings. The molecule has 4 heteroatoms. The van der Waals surface area contributed by atoms with E-state index in [0.717, 1.165) is 47.5 Å². The van der Waals surface area contributed by atoms with Crippen LogP contribution < -0.4 is 4.74 Å². The molecular weight excluding hydrogens is 242 g/mol. The minimum absolute atomic E-state index is 0.477. The van der Waals surface area contributed by atoms with Crippen LogP contribution in [0.3, 0.4) is 0 Å². The first kappa shape index (κ1) is 12.0. The Kier molecular flexibility index (Phi) is 3.07. The fourth-order valence-corrected chi connectivity index (χ4v) is 2.60. The second kappa shape index (κ2) is 4.88. The molecule has 2 aromatic rings. The van der Waals surface area contributed by atoms with Crippen LogP contribution in [0.2, 0.25) is 0 Å². The van der Waals surface area contributed by atoms with Crippen LogP contribution in [0.25, 0.3) is 11.1 Å². The van der Waals surface area contributed by atoms with E-state index in [-0.39, 0.29) is 0 Å². The Hall–Kier alpha value is -2.10. The Balaban J connectivity index is 2.06. The van der Waals surface area contributed by atoms with Crippen LogP contribution in [-0.4, -0.2) is 18.6 Å². The van der Waals surface area contributed by atoms with Gasteiger partial charge in [0.1, 0.15) is 17.8 Å². The highest BCUT2D eigenvalue weighted by Crippen LogP contribution is 2.37. The summed E-state index contributed by atoms with van der Waals surface area (Å²) in [6.45, 7) is 0. The zero-order valence-electron chi connectivity index (χ0n) is 10.8. The Morgan fingerprint density at radius 2 is 2.32 bits per heavy atom. The second-order valence-electron chi connectivity index (χ2n) is 4.66. The average molecular weight is 257 g/mol. The number of fused-ring (bicyclic) bond motifs is 3. The van der Waals surface area contributed by atoms with Gasteiger partial charge in [-0.1, -0.05) is 11.2 Å². The molecule has 3 rings (SSSR count). The Bertz CT molecular complexity index is 616. The lowest BCUT2D eigenvalue weighted by atomic mass is 9.88. The summed E-state index contributed by atoms with van der Waals surface area (Å²) >= 11 is 0. The maximum atomic E-state index is 10.5. The monoisotopic (exact) mass is 257 g/mol. The van der Waals surface area contributed by atoms with Crippen molar-refractivity contribution < 1.29 is 14.1 Å². The fraction of sp³-hybridized carbons (Fsp3) is 0.333. The molecule has 0 N–H and O–H groups in total. The normalized spacial score (nSPS) is 12.7. The number of hydrogen-bond acceptors (Lipinski definition) is 4. The molecule has 0 spiro atoms. The van der Waals surface area contributed by atoms with Crippen LogP contribution in [0.15, 0.2) is 22.7 Å². The van der Waals surface area contributed by atoms with Crippen molar-refractivity contribution in [1.29, 1.82) is 0 Å². The molecule has 0 unspecified atom stereocenters. The van der Waals surface area contributed by atoms with Crippen LogP contribution in [0.4, 0.5) is 0 Å². The van der Waals surface area contributed by atoms with E-state index in [1.54, 1.807) is 7.11 Å².